The number of carbonyl (C=O) groups excluding carboxylic acids is 2. The molecule has 6 heteroatoms. The van der Waals surface area contributed by atoms with Crippen molar-refractivity contribution in [1.82, 2.24) is 0 Å². The van der Waals surface area contributed by atoms with E-state index in [4.69, 9.17) is 16.3 Å². The van der Waals surface area contributed by atoms with Crippen LogP contribution in [0.25, 0.3) is 0 Å². The maximum absolute atomic E-state index is 12.8. The van der Waals surface area contributed by atoms with Crippen molar-refractivity contribution in [2.75, 3.05) is 31.5 Å². The predicted molar refractivity (Wildman–Crippen MR) is 117 cm³/mol. The molecule has 2 aromatic carbocycles. The number of quaternary nitrogens is 1. The highest BCUT2D eigenvalue weighted by Crippen LogP contribution is 2.25. The molecular weight excluding hydrogens is 388 g/mol. The molecule has 2 rings (SSSR count). The van der Waals surface area contributed by atoms with E-state index < -0.39 is 0 Å². The number of hydrogen-bond acceptors (Lipinski definition) is 3. The van der Waals surface area contributed by atoms with Crippen LogP contribution in [0.4, 0.5) is 5.69 Å². The molecule has 0 aromatic heterocycles. The van der Waals surface area contributed by atoms with Crippen molar-refractivity contribution in [2.45, 2.75) is 34.3 Å². The number of aryl methyl sites for hydroxylation is 2. The lowest BCUT2D eigenvalue weighted by Crippen LogP contribution is -2.55. The average Bonchev–Trinajstić information content (AvgIpc) is 2.69. The Morgan fingerprint density at radius 1 is 1.00 bits per heavy atom. The molecule has 2 aromatic rings. The lowest BCUT2D eigenvalue weighted by atomic mass is 10.1. The molecule has 1 N–H and O–H groups in total. The Hall–Kier alpha value is -2.37. The first-order valence-electron chi connectivity index (χ1n) is 9.90. The third-order valence-electron chi connectivity index (χ3n) is 5.29. The molecule has 156 valence electrons. The summed E-state index contributed by atoms with van der Waals surface area (Å²) < 4.78 is 5.78. The van der Waals surface area contributed by atoms with E-state index in [1.165, 1.54) is 0 Å². The minimum Gasteiger partial charge on any atom is -0.457 e. The molecule has 1 amide bonds. The van der Waals surface area contributed by atoms with Gasteiger partial charge in [0.2, 0.25) is 0 Å². The first-order chi connectivity index (χ1) is 13.8. The fourth-order valence-electron chi connectivity index (χ4n) is 3.38. The van der Waals surface area contributed by atoms with Crippen LogP contribution in [0.2, 0.25) is 5.02 Å². The number of anilines is 1. The van der Waals surface area contributed by atoms with Gasteiger partial charge in [0, 0.05) is 10.7 Å². The summed E-state index contributed by atoms with van der Waals surface area (Å²) in [4.78, 5) is 25.2. The van der Waals surface area contributed by atoms with Crippen LogP contribution in [0.5, 0.6) is 0 Å². The molecule has 0 fully saturated rings. The van der Waals surface area contributed by atoms with Crippen molar-refractivity contribution >= 4 is 29.2 Å². The SMILES string of the molecule is CC[N+](CC)(CC(=O)Nc1c(C)cc(Cl)cc1C)CC(=O)OCc1ccccc1. The standard InChI is InChI=1S/C23H29ClN2O3/c1-5-26(6-2,15-22(28)29-16-19-10-8-7-9-11-19)14-21(27)25-23-17(3)12-20(24)13-18(23)4/h7-13H,5-6,14-16H2,1-4H3/p+1. The van der Waals surface area contributed by atoms with Gasteiger partial charge in [0.15, 0.2) is 13.1 Å². The first kappa shape index (κ1) is 22.9. The van der Waals surface area contributed by atoms with Crippen molar-refractivity contribution in [2.24, 2.45) is 0 Å². The monoisotopic (exact) mass is 417 g/mol. The highest BCUT2D eigenvalue weighted by Gasteiger charge is 2.31. The van der Waals surface area contributed by atoms with Crippen LogP contribution in [0.1, 0.15) is 30.5 Å². The number of halogens is 1. The summed E-state index contributed by atoms with van der Waals surface area (Å²) >= 11 is 6.07. The fourth-order valence-corrected chi connectivity index (χ4v) is 3.70. The van der Waals surface area contributed by atoms with E-state index >= 15 is 0 Å². The predicted octanol–water partition coefficient (Wildman–Crippen LogP) is 4.50. The Labute approximate surface area is 178 Å². The van der Waals surface area contributed by atoms with E-state index in [-0.39, 0.29) is 31.6 Å². The molecule has 0 saturated heterocycles. The summed E-state index contributed by atoms with van der Waals surface area (Å²) in [7, 11) is 0. The number of likely N-dealkylation sites (N-methyl/N-ethyl adjacent to an activating group) is 1. The molecular formula is C23H30ClN2O3+. The molecule has 29 heavy (non-hydrogen) atoms. The van der Waals surface area contributed by atoms with Crippen LogP contribution in [0.15, 0.2) is 42.5 Å². The number of amides is 1. The van der Waals surface area contributed by atoms with E-state index in [0.717, 1.165) is 22.4 Å². The molecule has 0 unspecified atom stereocenters. The Morgan fingerprint density at radius 3 is 2.14 bits per heavy atom. The van der Waals surface area contributed by atoms with Gasteiger partial charge in [-0.1, -0.05) is 41.9 Å². The van der Waals surface area contributed by atoms with E-state index in [0.29, 0.717) is 22.6 Å². The van der Waals surface area contributed by atoms with Gasteiger partial charge in [0.1, 0.15) is 6.61 Å². The van der Waals surface area contributed by atoms with Crippen LogP contribution in [0.3, 0.4) is 0 Å². The highest BCUT2D eigenvalue weighted by atomic mass is 35.5. The third-order valence-corrected chi connectivity index (χ3v) is 5.51. The van der Waals surface area contributed by atoms with Gasteiger partial charge in [-0.15, -0.1) is 0 Å². The molecule has 0 atom stereocenters. The lowest BCUT2D eigenvalue weighted by Gasteiger charge is -2.35. The summed E-state index contributed by atoms with van der Waals surface area (Å²) in [6, 6.07) is 13.2. The highest BCUT2D eigenvalue weighted by molar-refractivity contribution is 6.30. The van der Waals surface area contributed by atoms with Crippen molar-refractivity contribution in [3.63, 3.8) is 0 Å². The number of esters is 1. The Balaban J connectivity index is 2.01. The van der Waals surface area contributed by atoms with Crippen molar-refractivity contribution < 1.29 is 18.8 Å². The quantitative estimate of drug-likeness (QED) is 0.483. The average molecular weight is 418 g/mol. The van der Waals surface area contributed by atoms with E-state index in [9.17, 15) is 9.59 Å². The summed E-state index contributed by atoms with van der Waals surface area (Å²) in [5.41, 5.74) is 3.54. The van der Waals surface area contributed by atoms with Crippen LogP contribution in [-0.4, -0.2) is 42.5 Å². The second-order valence-electron chi connectivity index (χ2n) is 7.40. The number of rotatable bonds is 9. The van der Waals surface area contributed by atoms with Gasteiger partial charge in [-0.05, 0) is 56.5 Å². The molecule has 0 radical (unpaired) electrons. The number of hydrogen-bond donors (Lipinski definition) is 1. The second-order valence-corrected chi connectivity index (χ2v) is 7.84. The summed E-state index contributed by atoms with van der Waals surface area (Å²) in [6.45, 7) is 9.71. The van der Waals surface area contributed by atoms with E-state index in [1.54, 1.807) is 0 Å². The summed E-state index contributed by atoms with van der Waals surface area (Å²) in [5.74, 6) is -0.428. The summed E-state index contributed by atoms with van der Waals surface area (Å²) in [5, 5.41) is 3.64. The number of nitrogens with zero attached hydrogens (tertiary/aromatic N) is 1. The van der Waals surface area contributed by atoms with Crippen molar-refractivity contribution in [3.8, 4) is 0 Å². The minimum absolute atomic E-state index is 0.127. The van der Waals surface area contributed by atoms with Gasteiger partial charge in [-0.25, -0.2) is 4.79 Å². The smallest absolute Gasteiger partial charge is 0.362 e. The van der Waals surface area contributed by atoms with Gasteiger partial charge in [-0.3, -0.25) is 4.79 Å². The Kier molecular flexibility index (Phi) is 8.23. The largest absolute Gasteiger partial charge is 0.457 e. The fraction of sp³-hybridized carbons (Fsp3) is 0.391. The van der Waals surface area contributed by atoms with E-state index in [2.05, 4.69) is 5.32 Å². The summed E-state index contributed by atoms with van der Waals surface area (Å²) in [6.07, 6.45) is 0. The van der Waals surface area contributed by atoms with Crippen LogP contribution < -0.4 is 5.32 Å². The zero-order chi connectivity index (χ0) is 21.4. The molecule has 0 aliphatic heterocycles. The number of benzene rings is 2. The number of nitrogens with one attached hydrogen (secondary N) is 1. The zero-order valence-electron chi connectivity index (χ0n) is 17.6. The van der Waals surface area contributed by atoms with Crippen LogP contribution in [-0.2, 0) is 20.9 Å². The molecule has 0 aliphatic rings. The number of ether oxygens (including phenoxy) is 1. The molecule has 0 aliphatic carbocycles. The van der Waals surface area contributed by atoms with Crippen molar-refractivity contribution in [1.29, 1.82) is 0 Å². The molecule has 0 bridgehead atoms. The third kappa shape index (κ3) is 6.58. The second kappa shape index (κ2) is 10.4. The lowest BCUT2D eigenvalue weighted by molar-refractivity contribution is -0.910. The molecule has 0 saturated carbocycles. The number of carbonyl (C=O) groups is 2. The molecule has 0 spiro atoms. The molecule has 0 heterocycles. The van der Waals surface area contributed by atoms with Crippen LogP contribution in [0, 0.1) is 13.8 Å². The van der Waals surface area contributed by atoms with Crippen LogP contribution >= 0.6 is 11.6 Å². The zero-order valence-corrected chi connectivity index (χ0v) is 18.4. The first-order valence-corrected chi connectivity index (χ1v) is 10.3. The van der Waals surface area contributed by atoms with Crippen molar-refractivity contribution in [3.05, 3.63) is 64.2 Å². The molecule has 5 nitrogen and oxygen atoms in total. The minimum atomic E-state index is -0.302. The maximum atomic E-state index is 12.8. The Bertz CT molecular complexity index is 825. The van der Waals surface area contributed by atoms with E-state index in [1.807, 2.05) is 70.2 Å². The van der Waals surface area contributed by atoms with Gasteiger partial charge >= 0.3 is 5.97 Å². The van der Waals surface area contributed by atoms with Gasteiger partial charge in [0.25, 0.3) is 5.91 Å². The Morgan fingerprint density at radius 2 is 1.59 bits per heavy atom. The maximum Gasteiger partial charge on any atom is 0.362 e. The van der Waals surface area contributed by atoms with Gasteiger partial charge < -0.3 is 14.5 Å². The van der Waals surface area contributed by atoms with Gasteiger partial charge in [-0.2, -0.15) is 0 Å². The normalized spacial score (nSPS) is 11.2. The van der Waals surface area contributed by atoms with Gasteiger partial charge in [0.05, 0.1) is 13.1 Å². The topological polar surface area (TPSA) is 55.4 Å².